The topological polar surface area (TPSA) is 281 Å². The van der Waals surface area contributed by atoms with Gasteiger partial charge in [-0.2, -0.15) is 0 Å². The largest absolute Gasteiger partial charge is 0.396 e. The molecule has 0 spiro atoms. The molecule has 1 aliphatic carbocycles. The molecule has 0 radical (unpaired) electrons. The lowest BCUT2D eigenvalue weighted by Gasteiger charge is -2.50. The molecule has 2 heterocycles. The van der Waals surface area contributed by atoms with Gasteiger partial charge in [-0.15, -0.1) is 0 Å². The van der Waals surface area contributed by atoms with Crippen LogP contribution in [-0.4, -0.2) is 184 Å². The van der Waals surface area contributed by atoms with Crippen LogP contribution in [0.15, 0.2) is 0 Å². The molecule has 2 saturated heterocycles. The van der Waals surface area contributed by atoms with Gasteiger partial charge in [-0.05, 0) is 33.4 Å². The van der Waals surface area contributed by atoms with Gasteiger partial charge in [0.1, 0.15) is 54.4 Å². The number of likely N-dealkylation sites (N-methyl/N-ethyl adjacent to an activating group) is 1. The second-order valence-electron chi connectivity index (χ2n) is 11.5. The van der Waals surface area contributed by atoms with Gasteiger partial charge in [-0.3, -0.25) is 0 Å². The second-order valence-corrected chi connectivity index (χ2v) is 11.5. The number of rotatable bonds is 14. The Labute approximate surface area is 244 Å². The zero-order chi connectivity index (χ0) is 31.2. The summed E-state index contributed by atoms with van der Waals surface area (Å²) in [5.41, 5.74) is 4.96. The number of aliphatic hydroxyl groups is 9. The predicted molar refractivity (Wildman–Crippen MR) is 144 cm³/mol. The first-order valence-corrected chi connectivity index (χ1v) is 14.3. The van der Waals surface area contributed by atoms with Crippen molar-refractivity contribution in [3.8, 4) is 0 Å². The second kappa shape index (κ2) is 16.1. The molecule has 3 fully saturated rings. The molecule has 1 unspecified atom stereocenters. The van der Waals surface area contributed by atoms with Crippen molar-refractivity contribution in [3.63, 3.8) is 0 Å². The number of hydrogen-bond acceptors (Lipinski definition) is 17. The minimum absolute atomic E-state index is 0.0418. The van der Waals surface area contributed by atoms with E-state index in [1.54, 1.807) is 7.05 Å². The van der Waals surface area contributed by atoms with Crippen LogP contribution >= 0.6 is 0 Å². The first kappa shape index (κ1) is 35.8. The molecule has 0 aromatic heterocycles. The predicted octanol–water partition coefficient (Wildman–Crippen LogP) is -7.00. The van der Waals surface area contributed by atoms with Crippen LogP contribution in [0, 0.1) is 0 Å². The van der Waals surface area contributed by atoms with Gasteiger partial charge in [0.2, 0.25) is 0 Å². The van der Waals surface area contributed by atoms with E-state index < -0.39 is 104 Å². The van der Waals surface area contributed by atoms with Crippen LogP contribution in [0.4, 0.5) is 0 Å². The third-order valence-electron chi connectivity index (χ3n) is 8.16. The molecule has 14 N–H and O–H groups in total. The molecule has 248 valence electrons. The Hall–Kier alpha value is -0.680. The SMILES string of the molecule is CN[C@@H]1[C@@H](O)[C@@H](O[C@H]2[C@H](NC(CO)CO)C[C@H](N)C(O[C@H]3O[C@H](CNCCCO)[C@@H](O)[C@H](O)[C@H]3O)[C@@H]2O)OC[C@]1(C)O. The molecule has 14 atom stereocenters. The third-order valence-corrected chi connectivity index (χ3v) is 8.16. The highest BCUT2D eigenvalue weighted by atomic mass is 16.7. The van der Waals surface area contributed by atoms with Crippen molar-refractivity contribution >= 4 is 0 Å². The Morgan fingerprint density at radius 2 is 1.60 bits per heavy atom. The van der Waals surface area contributed by atoms with Gasteiger partial charge in [-0.25, -0.2) is 0 Å². The van der Waals surface area contributed by atoms with Crippen molar-refractivity contribution in [2.75, 3.05) is 46.6 Å². The first-order valence-electron chi connectivity index (χ1n) is 14.3. The van der Waals surface area contributed by atoms with E-state index in [4.69, 9.17) is 29.8 Å². The molecule has 17 nitrogen and oxygen atoms in total. The van der Waals surface area contributed by atoms with Gasteiger partial charge in [0.15, 0.2) is 12.6 Å². The van der Waals surface area contributed by atoms with Gasteiger partial charge >= 0.3 is 0 Å². The molecule has 2 aliphatic heterocycles. The van der Waals surface area contributed by atoms with Crippen LogP contribution in [0.5, 0.6) is 0 Å². The number of hydrogen-bond donors (Lipinski definition) is 13. The fourth-order valence-electron chi connectivity index (χ4n) is 5.75. The maximum absolute atomic E-state index is 11.5. The summed E-state index contributed by atoms with van der Waals surface area (Å²) >= 11 is 0. The molecule has 42 heavy (non-hydrogen) atoms. The summed E-state index contributed by atoms with van der Waals surface area (Å²) in [6.07, 6.45) is -13.5. The molecule has 0 aromatic carbocycles. The fourth-order valence-corrected chi connectivity index (χ4v) is 5.75. The average Bonchev–Trinajstić information content (AvgIpc) is 2.95. The summed E-state index contributed by atoms with van der Waals surface area (Å²) in [5.74, 6) is 0. The molecular formula is C25H50N4O13. The van der Waals surface area contributed by atoms with Gasteiger partial charge in [0.25, 0.3) is 0 Å². The van der Waals surface area contributed by atoms with Crippen LogP contribution in [0.2, 0.25) is 0 Å². The van der Waals surface area contributed by atoms with Gasteiger partial charge < -0.3 is 86.6 Å². The summed E-state index contributed by atoms with van der Waals surface area (Å²) in [4.78, 5) is 0. The summed E-state index contributed by atoms with van der Waals surface area (Å²) in [5, 5.41) is 102. The molecule has 3 aliphatic rings. The highest BCUT2D eigenvalue weighted by molar-refractivity contribution is 5.03. The molecule has 0 bridgehead atoms. The lowest BCUT2D eigenvalue weighted by atomic mass is 9.83. The molecule has 3 rings (SSSR count). The van der Waals surface area contributed by atoms with Crippen molar-refractivity contribution in [1.29, 1.82) is 0 Å². The van der Waals surface area contributed by atoms with E-state index in [9.17, 15) is 40.9 Å². The molecular weight excluding hydrogens is 564 g/mol. The number of ether oxygens (including phenoxy) is 4. The van der Waals surface area contributed by atoms with E-state index in [0.29, 0.717) is 13.0 Å². The average molecular weight is 615 g/mol. The zero-order valence-electron chi connectivity index (χ0n) is 24.0. The van der Waals surface area contributed by atoms with Gasteiger partial charge in [0, 0.05) is 25.2 Å². The Balaban J connectivity index is 1.79. The standard InChI is InChI=1S/C25H50N4O13/c1-25(38)10-39-23(19(37)22(25)27-2)42-21-13(29-11(8-31)9-32)6-12(26)20(18(21)36)41-24-17(35)16(34)15(33)14(40-24)7-28-4-3-5-30/h11-24,27-38H,3-10,26H2,1-2H3/t12-,13+,14+,15+,16-,17+,18-,19+,20?,21-,22+,23+,24+,25-/m0/s1. The van der Waals surface area contributed by atoms with Crippen molar-refractivity contribution < 1.29 is 64.9 Å². The van der Waals surface area contributed by atoms with E-state index in [0.717, 1.165) is 0 Å². The van der Waals surface area contributed by atoms with E-state index in [2.05, 4.69) is 16.0 Å². The van der Waals surface area contributed by atoms with Crippen molar-refractivity contribution in [3.05, 3.63) is 0 Å². The zero-order valence-corrected chi connectivity index (χ0v) is 24.0. The minimum Gasteiger partial charge on any atom is -0.396 e. The van der Waals surface area contributed by atoms with Crippen molar-refractivity contribution in [1.82, 2.24) is 16.0 Å². The Morgan fingerprint density at radius 3 is 2.21 bits per heavy atom. The van der Waals surface area contributed by atoms with Gasteiger partial charge in [-0.1, -0.05) is 0 Å². The highest BCUT2D eigenvalue weighted by Crippen LogP contribution is 2.32. The molecule has 17 heteroatoms. The molecule has 1 saturated carbocycles. The fraction of sp³-hybridized carbons (Fsp3) is 1.00. The number of nitrogens with one attached hydrogen (secondary N) is 3. The summed E-state index contributed by atoms with van der Waals surface area (Å²) in [6.45, 7) is 0.849. The van der Waals surface area contributed by atoms with E-state index in [1.807, 2.05) is 0 Å². The van der Waals surface area contributed by atoms with Crippen molar-refractivity contribution in [2.24, 2.45) is 5.73 Å². The highest BCUT2D eigenvalue weighted by Gasteiger charge is 2.53. The van der Waals surface area contributed by atoms with E-state index in [1.165, 1.54) is 6.92 Å². The molecule has 0 aromatic rings. The van der Waals surface area contributed by atoms with Crippen LogP contribution in [0.1, 0.15) is 19.8 Å². The monoisotopic (exact) mass is 614 g/mol. The van der Waals surface area contributed by atoms with Crippen LogP contribution in [0.25, 0.3) is 0 Å². The van der Waals surface area contributed by atoms with Crippen LogP contribution in [-0.2, 0) is 18.9 Å². The number of nitrogens with two attached hydrogens (primary N) is 1. The summed E-state index contributed by atoms with van der Waals surface area (Å²) < 4.78 is 23.3. The maximum Gasteiger partial charge on any atom is 0.187 e. The van der Waals surface area contributed by atoms with E-state index >= 15 is 0 Å². The lowest BCUT2D eigenvalue weighted by Crippen LogP contribution is -2.70. The first-order chi connectivity index (χ1) is 19.9. The van der Waals surface area contributed by atoms with E-state index in [-0.39, 0.29) is 26.2 Å². The quantitative estimate of drug-likeness (QED) is 0.0809. The van der Waals surface area contributed by atoms with Crippen molar-refractivity contribution in [2.45, 2.75) is 111 Å². The Kier molecular flexibility index (Phi) is 13.7. The van der Waals surface area contributed by atoms with Crippen LogP contribution < -0.4 is 21.7 Å². The summed E-state index contributed by atoms with van der Waals surface area (Å²) in [6, 6.07) is -3.32. The van der Waals surface area contributed by atoms with Crippen LogP contribution in [0.3, 0.4) is 0 Å². The normalized spacial score (nSPS) is 44.9. The Bertz CT molecular complexity index is 799. The summed E-state index contributed by atoms with van der Waals surface area (Å²) in [7, 11) is 1.55. The lowest BCUT2D eigenvalue weighted by molar-refractivity contribution is -0.331. The Morgan fingerprint density at radius 1 is 0.929 bits per heavy atom. The smallest absolute Gasteiger partial charge is 0.187 e. The minimum atomic E-state index is -1.70. The maximum atomic E-state index is 11.5. The number of aliphatic hydroxyl groups excluding tert-OH is 8. The molecule has 0 amide bonds. The third kappa shape index (κ3) is 8.32. The van der Waals surface area contributed by atoms with Gasteiger partial charge in [0.05, 0.1) is 31.9 Å².